The van der Waals surface area contributed by atoms with Crippen LogP contribution in [0.1, 0.15) is 25.8 Å². The van der Waals surface area contributed by atoms with Crippen LogP contribution in [-0.4, -0.2) is 50.5 Å². The maximum Gasteiger partial charge on any atom is 0.244 e. The van der Waals surface area contributed by atoms with Gasteiger partial charge in [-0.1, -0.05) is 54.9 Å². The number of amides is 2. The highest BCUT2D eigenvalue weighted by Gasteiger charge is 2.31. The normalized spacial score (nSPS) is 12.1. The van der Waals surface area contributed by atoms with E-state index in [0.717, 1.165) is 16.1 Å². The molecule has 0 aliphatic carbocycles. The Morgan fingerprint density at radius 3 is 2.29 bits per heavy atom. The van der Waals surface area contributed by atoms with E-state index in [2.05, 4.69) is 5.32 Å². The van der Waals surface area contributed by atoms with Gasteiger partial charge in [0.1, 0.15) is 12.6 Å². The Hall–Kier alpha value is -2.58. The summed E-state index contributed by atoms with van der Waals surface area (Å²) in [5, 5.41) is 3.11. The Labute approximate surface area is 189 Å². The minimum Gasteiger partial charge on any atom is -0.355 e. The molecule has 9 heteroatoms. The van der Waals surface area contributed by atoms with E-state index in [1.165, 1.54) is 11.0 Å². The fourth-order valence-corrected chi connectivity index (χ4v) is 4.26. The number of carbonyl (C=O) groups excluding carboxylic acids is 2. The summed E-state index contributed by atoms with van der Waals surface area (Å²) in [6.45, 7) is 3.79. The molecule has 2 amide bonds. The molecule has 0 radical (unpaired) electrons. The van der Waals surface area contributed by atoms with E-state index < -0.39 is 28.5 Å². The van der Waals surface area contributed by atoms with Crippen LogP contribution in [0.4, 0.5) is 5.69 Å². The van der Waals surface area contributed by atoms with Crippen molar-refractivity contribution in [3.05, 3.63) is 65.2 Å². The summed E-state index contributed by atoms with van der Waals surface area (Å²) in [5.74, 6) is -0.754. The third-order valence-corrected chi connectivity index (χ3v) is 6.08. The molecule has 7 nitrogen and oxygen atoms in total. The first kappa shape index (κ1) is 24.7. The third-order valence-electron chi connectivity index (χ3n) is 4.71. The summed E-state index contributed by atoms with van der Waals surface area (Å²) in [6, 6.07) is 14.8. The van der Waals surface area contributed by atoms with E-state index in [0.29, 0.717) is 18.0 Å². The van der Waals surface area contributed by atoms with E-state index in [1.807, 2.05) is 37.3 Å². The molecule has 1 atom stereocenters. The van der Waals surface area contributed by atoms with Gasteiger partial charge in [-0.25, -0.2) is 8.42 Å². The molecule has 168 valence electrons. The third kappa shape index (κ3) is 6.97. The summed E-state index contributed by atoms with van der Waals surface area (Å²) in [4.78, 5) is 27.5. The van der Waals surface area contributed by atoms with Crippen LogP contribution in [-0.2, 0) is 26.2 Å². The maximum absolute atomic E-state index is 13.4. The zero-order chi connectivity index (χ0) is 23.0. The van der Waals surface area contributed by atoms with Crippen LogP contribution in [0, 0.1) is 0 Å². The van der Waals surface area contributed by atoms with E-state index in [-0.39, 0.29) is 18.1 Å². The van der Waals surface area contributed by atoms with E-state index >= 15 is 0 Å². The lowest BCUT2D eigenvalue weighted by atomic mass is 10.1. The molecule has 0 saturated heterocycles. The average molecular weight is 466 g/mol. The van der Waals surface area contributed by atoms with Crippen molar-refractivity contribution in [2.75, 3.05) is 23.7 Å². The van der Waals surface area contributed by atoms with Crippen molar-refractivity contribution < 1.29 is 18.0 Å². The lowest BCUT2D eigenvalue weighted by molar-refractivity contribution is -0.140. The first-order chi connectivity index (χ1) is 14.7. The minimum atomic E-state index is -3.77. The van der Waals surface area contributed by atoms with Gasteiger partial charge in [0.2, 0.25) is 21.8 Å². The van der Waals surface area contributed by atoms with E-state index in [1.54, 1.807) is 25.1 Å². The zero-order valence-corrected chi connectivity index (χ0v) is 19.5. The number of benzene rings is 2. The second-order valence-corrected chi connectivity index (χ2v) is 9.42. The molecular weight excluding hydrogens is 438 g/mol. The van der Waals surface area contributed by atoms with Crippen LogP contribution in [0.5, 0.6) is 0 Å². The van der Waals surface area contributed by atoms with Crippen LogP contribution in [0.2, 0.25) is 5.02 Å². The molecule has 0 aromatic heterocycles. The lowest BCUT2D eigenvalue weighted by Gasteiger charge is -2.32. The Morgan fingerprint density at radius 1 is 1.06 bits per heavy atom. The van der Waals surface area contributed by atoms with Crippen molar-refractivity contribution >= 4 is 39.1 Å². The highest BCUT2D eigenvalue weighted by atomic mass is 35.5. The standard InChI is InChI=1S/C22H28ClN3O4S/c1-4-20(22(28)24-5-2)25(15-17-10-7-6-8-11-17)21(27)16-26(31(3,29)30)19-13-9-12-18(23)14-19/h6-14,20H,4-5,15-16H2,1-3H3,(H,24,28)/t20-/m1/s1. The SMILES string of the molecule is CCNC(=O)[C@@H](CC)N(Cc1ccccc1)C(=O)CN(c1cccc(Cl)c1)S(C)(=O)=O. The van der Waals surface area contributed by atoms with Gasteiger partial charge in [-0.2, -0.15) is 0 Å². The first-order valence-electron chi connectivity index (χ1n) is 10.0. The number of nitrogens with zero attached hydrogens (tertiary/aromatic N) is 2. The van der Waals surface area contributed by atoms with Gasteiger partial charge in [0.15, 0.2) is 0 Å². The smallest absolute Gasteiger partial charge is 0.244 e. The number of sulfonamides is 1. The molecule has 0 fully saturated rings. The Bertz CT molecular complexity index is 999. The van der Waals surface area contributed by atoms with Gasteiger partial charge < -0.3 is 10.2 Å². The van der Waals surface area contributed by atoms with Crippen molar-refractivity contribution in [1.29, 1.82) is 0 Å². The number of nitrogens with one attached hydrogen (secondary N) is 1. The van der Waals surface area contributed by atoms with Crippen molar-refractivity contribution in [2.45, 2.75) is 32.9 Å². The molecule has 2 aromatic carbocycles. The average Bonchev–Trinajstić information content (AvgIpc) is 2.71. The molecule has 0 aliphatic heterocycles. The van der Waals surface area contributed by atoms with Crippen LogP contribution in [0.3, 0.4) is 0 Å². The minimum absolute atomic E-state index is 0.183. The summed E-state index contributed by atoms with van der Waals surface area (Å²) in [5.41, 5.74) is 1.13. The van der Waals surface area contributed by atoms with Gasteiger partial charge in [0.25, 0.3) is 0 Å². The Kier molecular flexibility index (Phi) is 8.88. The van der Waals surface area contributed by atoms with Crippen molar-refractivity contribution in [3.8, 4) is 0 Å². The molecule has 0 spiro atoms. The van der Waals surface area contributed by atoms with Crippen LogP contribution < -0.4 is 9.62 Å². The largest absolute Gasteiger partial charge is 0.355 e. The monoisotopic (exact) mass is 465 g/mol. The van der Waals surface area contributed by atoms with Gasteiger partial charge in [0.05, 0.1) is 11.9 Å². The molecular formula is C22H28ClN3O4S. The summed E-state index contributed by atoms with van der Waals surface area (Å²) in [7, 11) is -3.77. The molecule has 0 bridgehead atoms. The fraction of sp³-hybridized carbons (Fsp3) is 0.364. The Morgan fingerprint density at radius 2 is 1.74 bits per heavy atom. The first-order valence-corrected chi connectivity index (χ1v) is 12.2. The second-order valence-electron chi connectivity index (χ2n) is 7.08. The van der Waals surface area contributed by atoms with Gasteiger partial charge in [-0.15, -0.1) is 0 Å². The number of likely N-dealkylation sites (N-methyl/N-ethyl adjacent to an activating group) is 1. The molecule has 2 rings (SSSR count). The predicted octanol–water partition coefficient (Wildman–Crippen LogP) is 3.05. The highest BCUT2D eigenvalue weighted by molar-refractivity contribution is 7.92. The molecule has 0 saturated carbocycles. The van der Waals surface area contributed by atoms with Crippen molar-refractivity contribution in [1.82, 2.24) is 10.2 Å². The lowest BCUT2D eigenvalue weighted by Crippen LogP contribution is -2.52. The van der Waals surface area contributed by atoms with Gasteiger partial charge in [-0.3, -0.25) is 13.9 Å². The molecule has 1 N–H and O–H groups in total. The van der Waals surface area contributed by atoms with Gasteiger partial charge in [-0.05, 0) is 37.1 Å². The van der Waals surface area contributed by atoms with E-state index in [9.17, 15) is 18.0 Å². The summed E-state index contributed by atoms with van der Waals surface area (Å²) < 4.78 is 25.9. The van der Waals surface area contributed by atoms with Crippen LogP contribution in [0.25, 0.3) is 0 Å². The highest BCUT2D eigenvalue weighted by Crippen LogP contribution is 2.23. The van der Waals surface area contributed by atoms with Crippen molar-refractivity contribution in [3.63, 3.8) is 0 Å². The molecule has 2 aromatic rings. The number of rotatable bonds is 10. The maximum atomic E-state index is 13.4. The Balaban J connectivity index is 2.40. The number of hydrogen-bond donors (Lipinski definition) is 1. The number of anilines is 1. The van der Waals surface area contributed by atoms with Crippen LogP contribution in [0.15, 0.2) is 54.6 Å². The number of hydrogen-bond acceptors (Lipinski definition) is 4. The molecule has 0 aliphatic rings. The second kappa shape index (κ2) is 11.2. The summed E-state index contributed by atoms with van der Waals surface area (Å²) >= 11 is 6.02. The molecule has 0 unspecified atom stereocenters. The number of carbonyl (C=O) groups is 2. The summed E-state index contributed by atoms with van der Waals surface area (Å²) in [6.07, 6.45) is 1.42. The molecule has 31 heavy (non-hydrogen) atoms. The van der Waals surface area contributed by atoms with Gasteiger partial charge in [0, 0.05) is 18.1 Å². The quantitative estimate of drug-likeness (QED) is 0.584. The topological polar surface area (TPSA) is 86.8 Å². The molecule has 0 heterocycles. The van der Waals surface area contributed by atoms with E-state index in [4.69, 9.17) is 11.6 Å². The van der Waals surface area contributed by atoms with Crippen molar-refractivity contribution in [2.24, 2.45) is 0 Å². The fourth-order valence-electron chi connectivity index (χ4n) is 3.24. The number of halogens is 1. The van der Waals surface area contributed by atoms with Crippen LogP contribution >= 0.6 is 11.6 Å². The van der Waals surface area contributed by atoms with Gasteiger partial charge >= 0.3 is 0 Å². The zero-order valence-electron chi connectivity index (χ0n) is 17.9. The predicted molar refractivity (Wildman–Crippen MR) is 123 cm³/mol.